The molecule has 0 aliphatic rings. The summed E-state index contributed by atoms with van der Waals surface area (Å²) in [5, 5.41) is 2.11. The zero-order valence-corrected chi connectivity index (χ0v) is 30.9. The van der Waals surface area contributed by atoms with Crippen LogP contribution in [0, 0.1) is 0 Å². The number of oxazole rings is 3. The standard InChI is InChI=1S/C49H34N4O3/c1-49(2,3)34-19-12-29(13-20-34)31-16-23-40-45(28-31)56-48(52-40)33-18-25-42-37(27-33)36-26-32(47-51-39-9-5-7-11-44(39)55-47)17-24-41(36)53(42)35-21-14-30(15-22-35)46-50-38-8-4-6-10-43(38)54-46/h4-28H,1-3H3. The first-order valence-corrected chi connectivity index (χ1v) is 18.7. The highest BCUT2D eigenvalue weighted by Crippen LogP contribution is 2.39. The molecule has 0 saturated carbocycles. The van der Waals surface area contributed by atoms with Gasteiger partial charge in [-0.25, -0.2) is 15.0 Å². The van der Waals surface area contributed by atoms with Crippen molar-refractivity contribution in [3.63, 3.8) is 0 Å². The van der Waals surface area contributed by atoms with Crippen LogP contribution in [-0.4, -0.2) is 19.5 Å². The van der Waals surface area contributed by atoms with E-state index in [1.54, 1.807) is 0 Å². The van der Waals surface area contributed by atoms with Crippen molar-refractivity contribution < 1.29 is 13.3 Å². The average Bonchev–Trinajstić information content (AvgIpc) is 4.02. The summed E-state index contributed by atoms with van der Waals surface area (Å²) >= 11 is 0. The van der Waals surface area contributed by atoms with Gasteiger partial charge < -0.3 is 17.8 Å². The van der Waals surface area contributed by atoms with Crippen LogP contribution >= 0.6 is 0 Å². The molecule has 268 valence electrons. The summed E-state index contributed by atoms with van der Waals surface area (Å²) in [6.45, 7) is 6.69. The van der Waals surface area contributed by atoms with Gasteiger partial charge in [-0.15, -0.1) is 0 Å². The van der Waals surface area contributed by atoms with Gasteiger partial charge in [0.1, 0.15) is 16.6 Å². The van der Waals surface area contributed by atoms with Gasteiger partial charge in [-0.1, -0.05) is 75.4 Å². The predicted octanol–water partition coefficient (Wildman–Crippen LogP) is 13.2. The van der Waals surface area contributed by atoms with E-state index in [0.29, 0.717) is 17.7 Å². The first-order valence-electron chi connectivity index (χ1n) is 18.7. The fourth-order valence-electron chi connectivity index (χ4n) is 7.70. The molecule has 56 heavy (non-hydrogen) atoms. The number of fused-ring (bicyclic) bond motifs is 6. The van der Waals surface area contributed by atoms with E-state index in [1.807, 2.05) is 54.6 Å². The second-order valence-corrected chi connectivity index (χ2v) is 15.3. The lowest BCUT2D eigenvalue weighted by Gasteiger charge is -2.19. The Morgan fingerprint density at radius 3 is 1.43 bits per heavy atom. The van der Waals surface area contributed by atoms with Gasteiger partial charge in [0.2, 0.25) is 17.7 Å². The van der Waals surface area contributed by atoms with Gasteiger partial charge in [0.05, 0.1) is 11.0 Å². The Morgan fingerprint density at radius 1 is 0.411 bits per heavy atom. The van der Waals surface area contributed by atoms with Crippen LogP contribution in [0.25, 0.3) is 106 Å². The zero-order valence-electron chi connectivity index (χ0n) is 30.9. The van der Waals surface area contributed by atoms with Crippen molar-refractivity contribution >= 4 is 55.1 Å². The zero-order chi connectivity index (χ0) is 37.5. The van der Waals surface area contributed by atoms with Crippen LogP contribution in [0.15, 0.2) is 165 Å². The summed E-state index contributed by atoms with van der Waals surface area (Å²) in [6, 6.07) is 51.8. The van der Waals surface area contributed by atoms with E-state index in [-0.39, 0.29) is 5.41 Å². The third kappa shape index (κ3) is 5.31. The third-order valence-electron chi connectivity index (χ3n) is 10.7. The Labute approximate surface area is 321 Å². The lowest BCUT2D eigenvalue weighted by Crippen LogP contribution is -2.10. The summed E-state index contributed by atoms with van der Waals surface area (Å²) in [5.74, 6) is 1.74. The van der Waals surface area contributed by atoms with Crippen LogP contribution in [0.2, 0.25) is 0 Å². The van der Waals surface area contributed by atoms with Gasteiger partial charge in [-0.3, -0.25) is 0 Å². The quantitative estimate of drug-likeness (QED) is 0.176. The second-order valence-electron chi connectivity index (χ2n) is 15.3. The van der Waals surface area contributed by atoms with Crippen molar-refractivity contribution in [1.82, 2.24) is 19.5 Å². The van der Waals surface area contributed by atoms with E-state index in [0.717, 1.165) is 88.6 Å². The molecule has 7 aromatic carbocycles. The van der Waals surface area contributed by atoms with Gasteiger partial charge in [0.25, 0.3) is 0 Å². The number of aromatic nitrogens is 4. The van der Waals surface area contributed by atoms with E-state index in [9.17, 15) is 0 Å². The first kappa shape index (κ1) is 32.2. The van der Waals surface area contributed by atoms with Gasteiger partial charge >= 0.3 is 0 Å². The maximum atomic E-state index is 6.49. The highest BCUT2D eigenvalue weighted by atomic mass is 16.4. The minimum absolute atomic E-state index is 0.0974. The fourth-order valence-corrected chi connectivity index (χ4v) is 7.70. The van der Waals surface area contributed by atoms with Gasteiger partial charge in [-0.05, 0) is 119 Å². The van der Waals surface area contributed by atoms with E-state index in [4.69, 9.17) is 28.2 Å². The minimum Gasteiger partial charge on any atom is -0.436 e. The van der Waals surface area contributed by atoms with E-state index in [1.165, 1.54) is 5.56 Å². The van der Waals surface area contributed by atoms with Gasteiger partial charge in [0, 0.05) is 33.2 Å². The third-order valence-corrected chi connectivity index (χ3v) is 10.7. The molecule has 0 bridgehead atoms. The Bertz CT molecular complexity index is 3220. The van der Waals surface area contributed by atoms with Crippen molar-refractivity contribution in [1.29, 1.82) is 0 Å². The number of para-hydroxylation sites is 4. The molecule has 4 aromatic heterocycles. The number of hydrogen-bond acceptors (Lipinski definition) is 6. The molecule has 7 heteroatoms. The largest absolute Gasteiger partial charge is 0.436 e. The number of rotatable bonds is 5. The summed E-state index contributed by atoms with van der Waals surface area (Å²) in [5.41, 5.74) is 14.2. The molecule has 0 aliphatic heterocycles. The summed E-state index contributed by atoms with van der Waals surface area (Å²) < 4.78 is 21.1. The molecule has 0 N–H and O–H groups in total. The SMILES string of the molecule is CC(C)(C)c1ccc(-c2ccc3nc(-c4ccc5c(c4)c4cc(-c6nc7ccccc7o6)ccc4n5-c4ccc(-c5nc6ccccc6o5)cc4)oc3c2)cc1. The van der Waals surface area contributed by atoms with Crippen molar-refractivity contribution in [2.24, 2.45) is 0 Å². The predicted molar refractivity (Wildman–Crippen MR) is 224 cm³/mol. The van der Waals surface area contributed by atoms with E-state index < -0.39 is 0 Å². The van der Waals surface area contributed by atoms with Crippen molar-refractivity contribution in [3.05, 3.63) is 157 Å². The van der Waals surface area contributed by atoms with E-state index in [2.05, 4.69) is 122 Å². The van der Waals surface area contributed by atoms with Gasteiger partial charge in [-0.2, -0.15) is 0 Å². The summed E-state index contributed by atoms with van der Waals surface area (Å²) in [7, 11) is 0. The normalized spacial score (nSPS) is 12.2. The second kappa shape index (κ2) is 12.1. The minimum atomic E-state index is 0.0974. The molecule has 0 aliphatic carbocycles. The van der Waals surface area contributed by atoms with Crippen LogP contribution < -0.4 is 0 Å². The fraction of sp³-hybridized carbons (Fsp3) is 0.0816. The number of benzene rings is 7. The first-order chi connectivity index (χ1) is 27.3. The molecule has 0 saturated heterocycles. The molecular weight excluding hydrogens is 693 g/mol. The number of nitrogens with zero attached hydrogens (tertiary/aromatic N) is 4. The molecule has 0 spiro atoms. The van der Waals surface area contributed by atoms with Gasteiger partial charge in [0.15, 0.2) is 16.7 Å². The average molecular weight is 727 g/mol. The Balaban J connectivity index is 1.03. The molecule has 4 heterocycles. The van der Waals surface area contributed by atoms with Crippen molar-refractivity contribution in [3.8, 4) is 51.2 Å². The van der Waals surface area contributed by atoms with Crippen LogP contribution in [0.4, 0.5) is 0 Å². The molecule has 0 atom stereocenters. The van der Waals surface area contributed by atoms with E-state index >= 15 is 0 Å². The summed E-state index contributed by atoms with van der Waals surface area (Å²) in [6.07, 6.45) is 0. The molecular formula is C49H34N4O3. The highest BCUT2D eigenvalue weighted by Gasteiger charge is 2.19. The number of hydrogen-bond donors (Lipinski definition) is 0. The Hall–Kier alpha value is -7.25. The lowest BCUT2D eigenvalue weighted by molar-refractivity contribution is 0.590. The Morgan fingerprint density at radius 2 is 0.875 bits per heavy atom. The smallest absolute Gasteiger partial charge is 0.227 e. The molecule has 11 aromatic rings. The molecule has 11 rings (SSSR count). The topological polar surface area (TPSA) is 83.0 Å². The van der Waals surface area contributed by atoms with Crippen LogP contribution in [0.3, 0.4) is 0 Å². The van der Waals surface area contributed by atoms with Crippen LogP contribution in [0.1, 0.15) is 26.3 Å². The van der Waals surface area contributed by atoms with Crippen molar-refractivity contribution in [2.75, 3.05) is 0 Å². The maximum Gasteiger partial charge on any atom is 0.227 e. The Kier molecular flexibility index (Phi) is 6.98. The maximum absolute atomic E-state index is 6.49. The molecule has 0 amide bonds. The molecule has 7 nitrogen and oxygen atoms in total. The monoisotopic (exact) mass is 726 g/mol. The van der Waals surface area contributed by atoms with Crippen LogP contribution in [0.5, 0.6) is 0 Å². The molecule has 0 unspecified atom stereocenters. The summed E-state index contributed by atoms with van der Waals surface area (Å²) in [4.78, 5) is 14.5. The molecule has 0 radical (unpaired) electrons. The highest BCUT2D eigenvalue weighted by molar-refractivity contribution is 6.11. The van der Waals surface area contributed by atoms with Crippen molar-refractivity contribution in [2.45, 2.75) is 26.2 Å². The molecule has 0 fully saturated rings. The lowest BCUT2D eigenvalue weighted by atomic mass is 9.86. The van der Waals surface area contributed by atoms with Crippen LogP contribution in [-0.2, 0) is 5.41 Å².